The van der Waals surface area contributed by atoms with E-state index < -0.39 is 0 Å². The maximum Gasteiger partial charge on any atom is 0.313 e. The third kappa shape index (κ3) is 2.81. The van der Waals surface area contributed by atoms with Gasteiger partial charge in [-0.2, -0.15) is 0 Å². The van der Waals surface area contributed by atoms with E-state index in [4.69, 9.17) is 11.6 Å². The minimum absolute atomic E-state index is 0.244. The summed E-state index contributed by atoms with van der Waals surface area (Å²) in [5.74, 6) is -0.372. The summed E-state index contributed by atoms with van der Waals surface area (Å²) >= 11 is 14.9. The number of halogens is 2. The standard InChI is InChI=1S/C17H8BrClN2O2S2/c18-8-4-5-12-11(6-8)13(15(22)20-12)14-16(24)21(17(23)25-14)10-3-1-2-9(19)7-10/h1-7,24H. The molecule has 0 saturated heterocycles. The molecular formula is C17H8BrClN2O2S2. The molecule has 1 aliphatic rings. The van der Waals surface area contributed by atoms with Gasteiger partial charge in [0, 0.05) is 14.7 Å². The van der Waals surface area contributed by atoms with Crippen LogP contribution in [0.3, 0.4) is 0 Å². The van der Waals surface area contributed by atoms with Crippen molar-refractivity contribution in [3.8, 4) is 5.69 Å². The molecule has 1 aromatic heterocycles. The normalized spacial score (nSPS) is 13.1. The predicted octanol–water partition coefficient (Wildman–Crippen LogP) is 2.96. The summed E-state index contributed by atoms with van der Waals surface area (Å²) in [4.78, 5) is 29.3. The molecule has 2 aromatic carbocycles. The van der Waals surface area contributed by atoms with Gasteiger partial charge in [-0.1, -0.05) is 44.9 Å². The molecule has 25 heavy (non-hydrogen) atoms. The second kappa shape index (κ2) is 6.25. The molecule has 2 heterocycles. The van der Waals surface area contributed by atoms with Crippen LogP contribution in [0.1, 0.15) is 4.88 Å². The number of benzene rings is 2. The van der Waals surface area contributed by atoms with E-state index in [2.05, 4.69) is 33.6 Å². The van der Waals surface area contributed by atoms with Crippen LogP contribution < -0.4 is 15.4 Å². The third-order valence-corrected chi connectivity index (χ3v) is 6.01. The zero-order valence-corrected chi connectivity index (χ0v) is 16.4. The van der Waals surface area contributed by atoms with Gasteiger partial charge >= 0.3 is 4.87 Å². The van der Waals surface area contributed by atoms with Gasteiger partial charge in [0.05, 0.1) is 26.5 Å². The van der Waals surface area contributed by atoms with Gasteiger partial charge in [0.15, 0.2) is 0 Å². The Bertz CT molecular complexity index is 1230. The van der Waals surface area contributed by atoms with Crippen LogP contribution in [0.5, 0.6) is 0 Å². The number of rotatable bonds is 2. The molecule has 4 nitrogen and oxygen atoms in total. The summed E-state index contributed by atoms with van der Waals surface area (Å²) in [5.41, 5.74) is 0.992. The highest BCUT2D eigenvalue weighted by atomic mass is 79.9. The average molecular weight is 452 g/mol. The Balaban J connectivity index is 2.02. The van der Waals surface area contributed by atoms with Crippen molar-refractivity contribution in [2.45, 2.75) is 5.03 Å². The van der Waals surface area contributed by atoms with Crippen molar-refractivity contribution in [3.05, 3.63) is 77.1 Å². The van der Waals surface area contributed by atoms with Crippen molar-refractivity contribution in [3.63, 3.8) is 0 Å². The van der Waals surface area contributed by atoms with Crippen LogP contribution in [0.2, 0.25) is 5.02 Å². The number of hydrogen-bond donors (Lipinski definition) is 1. The van der Waals surface area contributed by atoms with Crippen LogP contribution in [-0.4, -0.2) is 10.5 Å². The lowest BCUT2D eigenvalue weighted by Crippen LogP contribution is -2.22. The number of carbonyl (C=O) groups is 1. The monoisotopic (exact) mass is 450 g/mol. The van der Waals surface area contributed by atoms with Crippen LogP contribution in [0.4, 0.5) is 0 Å². The third-order valence-electron chi connectivity index (χ3n) is 3.74. The van der Waals surface area contributed by atoms with Gasteiger partial charge in [0.1, 0.15) is 0 Å². The fourth-order valence-electron chi connectivity index (χ4n) is 2.68. The smallest absolute Gasteiger partial charge is 0.267 e. The van der Waals surface area contributed by atoms with Crippen LogP contribution in [0.25, 0.3) is 11.3 Å². The van der Waals surface area contributed by atoms with Crippen molar-refractivity contribution in [2.75, 3.05) is 0 Å². The molecule has 1 amide bonds. The summed E-state index contributed by atoms with van der Waals surface area (Å²) in [6, 6.07) is 12.3. The molecule has 0 aliphatic carbocycles. The Morgan fingerprint density at radius 3 is 2.72 bits per heavy atom. The van der Waals surface area contributed by atoms with Crippen LogP contribution in [0, 0.1) is 0 Å². The first-order chi connectivity index (χ1) is 12.0. The molecule has 8 heteroatoms. The predicted molar refractivity (Wildman–Crippen MR) is 105 cm³/mol. The van der Waals surface area contributed by atoms with Crippen molar-refractivity contribution in [1.29, 1.82) is 0 Å². The number of carbonyl (C=O) groups excluding carboxylic acids is 1. The molecule has 1 aliphatic heterocycles. The molecule has 0 bridgehead atoms. The van der Waals surface area contributed by atoms with Gasteiger partial charge in [-0.25, -0.2) is 4.99 Å². The number of thiol groups is 1. The molecule has 3 aromatic rings. The van der Waals surface area contributed by atoms with Gasteiger partial charge in [-0.15, -0.1) is 12.6 Å². The Morgan fingerprint density at radius 1 is 1.16 bits per heavy atom. The molecule has 4 rings (SSSR count). The number of amides is 1. The number of thiazole rings is 1. The summed E-state index contributed by atoms with van der Waals surface area (Å²) in [6.45, 7) is 0. The first kappa shape index (κ1) is 16.8. The molecule has 0 N–H and O–H groups in total. The van der Waals surface area contributed by atoms with Gasteiger partial charge < -0.3 is 0 Å². The molecule has 124 valence electrons. The molecular weight excluding hydrogens is 444 g/mol. The largest absolute Gasteiger partial charge is 0.313 e. The number of hydrogen-bond acceptors (Lipinski definition) is 4. The molecule has 0 fully saturated rings. The van der Waals surface area contributed by atoms with E-state index in [9.17, 15) is 9.59 Å². The van der Waals surface area contributed by atoms with Crippen molar-refractivity contribution in [1.82, 2.24) is 4.57 Å². The SMILES string of the molecule is O=C1N=c2ccc(Br)cc2=C1c1sc(=O)n(-c2cccc(Cl)c2)c1S. The van der Waals surface area contributed by atoms with Crippen LogP contribution in [0.15, 0.2) is 61.8 Å². The molecule has 0 radical (unpaired) electrons. The fourth-order valence-corrected chi connectivity index (χ4v) is 4.69. The summed E-state index contributed by atoms with van der Waals surface area (Å²) < 4.78 is 2.27. The van der Waals surface area contributed by atoms with E-state index in [0.29, 0.717) is 36.8 Å². The minimum Gasteiger partial charge on any atom is -0.267 e. The second-order valence-electron chi connectivity index (χ2n) is 5.29. The number of aromatic nitrogens is 1. The summed E-state index contributed by atoms with van der Waals surface area (Å²) in [5, 5.41) is 2.18. The van der Waals surface area contributed by atoms with E-state index in [1.54, 1.807) is 30.3 Å². The Kier molecular flexibility index (Phi) is 4.19. The molecule has 0 atom stereocenters. The lowest BCUT2D eigenvalue weighted by atomic mass is 10.1. The lowest BCUT2D eigenvalue weighted by molar-refractivity contribution is -0.112. The van der Waals surface area contributed by atoms with E-state index in [0.717, 1.165) is 15.8 Å². The first-order valence-electron chi connectivity index (χ1n) is 7.10. The van der Waals surface area contributed by atoms with E-state index >= 15 is 0 Å². The minimum atomic E-state index is -0.372. The first-order valence-corrected chi connectivity index (χ1v) is 9.53. The maximum absolute atomic E-state index is 12.5. The molecule has 0 saturated carbocycles. The zero-order valence-electron chi connectivity index (χ0n) is 12.4. The van der Waals surface area contributed by atoms with Crippen LogP contribution in [-0.2, 0) is 4.79 Å². The van der Waals surface area contributed by atoms with Gasteiger partial charge in [0.2, 0.25) is 0 Å². The highest BCUT2D eigenvalue weighted by Gasteiger charge is 2.25. The highest BCUT2D eigenvalue weighted by molar-refractivity contribution is 9.10. The molecule has 0 unspecified atom stereocenters. The quantitative estimate of drug-likeness (QED) is 0.609. The lowest BCUT2D eigenvalue weighted by Gasteiger charge is -2.05. The Hall–Kier alpha value is -1.67. The second-order valence-corrected chi connectivity index (χ2v) is 8.03. The zero-order chi connectivity index (χ0) is 17.7. The van der Waals surface area contributed by atoms with Crippen molar-refractivity contribution >= 4 is 63.0 Å². The Morgan fingerprint density at radius 2 is 1.96 bits per heavy atom. The van der Waals surface area contributed by atoms with E-state index in [1.807, 2.05) is 12.1 Å². The van der Waals surface area contributed by atoms with Crippen molar-refractivity contribution < 1.29 is 4.79 Å². The van der Waals surface area contributed by atoms with Gasteiger partial charge in [-0.05, 0) is 36.4 Å². The van der Waals surface area contributed by atoms with Gasteiger partial charge in [0.25, 0.3) is 5.91 Å². The Labute approximate surface area is 164 Å². The van der Waals surface area contributed by atoms with Crippen molar-refractivity contribution in [2.24, 2.45) is 4.99 Å². The summed E-state index contributed by atoms with van der Waals surface area (Å²) in [7, 11) is 0. The summed E-state index contributed by atoms with van der Waals surface area (Å²) in [6.07, 6.45) is 0. The molecule has 0 spiro atoms. The van der Waals surface area contributed by atoms with E-state index in [1.165, 1.54) is 4.57 Å². The average Bonchev–Trinajstić information content (AvgIpc) is 3.02. The van der Waals surface area contributed by atoms with Crippen LogP contribution >= 0.6 is 51.5 Å². The highest BCUT2D eigenvalue weighted by Crippen LogP contribution is 2.28. The number of nitrogens with zero attached hydrogens (tertiary/aromatic N) is 2. The van der Waals surface area contributed by atoms with E-state index in [-0.39, 0.29) is 10.8 Å². The number of fused-ring (bicyclic) bond motifs is 1. The maximum atomic E-state index is 12.5. The van der Waals surface area contributed by atoms with Gasteiger partial charge in [-0.3, -0.25) is 14.2 Å². The topological polar surface area (TPSA) is 51.4 Å². The fraction of sp³-hybridized carbons (Fsp3) is 0.